The van der Waals surface area contributed by atoms with E-state index in [0.717, 1.165) is 15.0 Å². The maximum absolute atomic E-state index is 10.9. The molecule has 0 saturated carbocycles. The van der Waals surface area contributed by atoms with Crippen molar-refractivity contribution in [3.63, 3.8) is 0 Å². The number of aromatic nitrogens is 1. The standard InChI is InChI=1S/C10H7BrN2OS/c11-7-3-1-2-6(4-7)10-13-8(5-15-10)9(12)14/h1-5H,(H2,12,14). The van der Waals surface area contributed by atoms with Crippen molar-refractivity contribution in [2.45, 2.75) is 0 Å². The topological polar surface area (TPSA) is 56.0 Å². The maximum Gasteiger partial charge on any atom is 0.268 e. The average Bonchev–Trinajstić information content (AvgIpc) is 2.66. The molecule has 2 aromatic rings. The Hall–Kier alpha value is -1.20. The Morgan fingerprint density at radius 3 is 2.87 bits per heavy atom. The van der Waals surface area contributed by atoms with E-state index in [1.54, 1.807) is 5.38 Å². The molecule has 5 heteroatoms. The smallest absolute Gasteiger partial charge is 0.268 e. The number of halogens is 1. The Bertz CT molecular complexity index is 510. The second-order valence-electron chi connectivity index (χ2n) is 2.91. The van der Waals surface area contributed by atoms with Gasteiger partial charge in [0.15, 0.2) is 0 Å². The highest BCUT2D eigenvalue weighted by atomic mass is 79.9. The van der Waals surface area contributed by atoms with Crippen LogP contribution in [0.2, 0.25) is 0 Å². The zero-order valence-corrected chi connectivity index (χ0v) is 10.0. The SMILES string of the molecule is NC(=O)c1csc(-c2cccc(Br)c2)n1. The minimum atomic E-state index is -0.493. The van der Waals surface area contributed by atoms with Crippen LogP contribution in [-0.2, 0) is 0 Å². The number of rotatable bonds is 2. The van der Waals surface area contributed by atoms with Crippen molar-refractivity contribution in [1.29, 1.82) is 0 Å². The molecule has 1 heterocycles. The van der Waals surface area contributed by atoms with Crippen molar-refractivity contribution >= 4 is 33.2 Å². The number of amides is 1. The van der Waals surface area contributed by atoms with Crippen LogP contribution in [0.25, 0.3) is 10.6 Å². The van der Waals surface area contributed by atoms with Gasteiger partial charge in [0, 0.05) is 15.4 Å². The van der Waals surface area contributed by atoms with Crippen LogP contribution in [0, 0.1) is 0 Å². The fourth-order valence-electron chi connectivity index (χ4n) is 1.14. The number of thiazole rings is 1. The van der Waals surface area contributed by atoms with Crippen molar-refractivity contribution in [3.05, 3.63) is 39.8 Å². The van der Waals surface area contributed by atoms with Crippen molar-refractivity contribution in [2.75, 3.05) is 0 Å². The Balaban J connectivity index is 2.41. The molecule has 0 aliphatic carbocycles. The summed E-state index contributed by atoms with van der Waals surface area (Å²) in [7, 11) is 0. The normalized spacial score (nSPS) is 10.2. The van der Waals surface area contributed by atoms with E-state index in [1.807, 2.05) is 24.3 Å². The summed E-state index contributed by atoms with van der Waals surface area (Å²) >= 11 is 4.79. The van der Waals surface area contributed by atoms with Gasteiger partial charge in [-0.1, -0.05) is 28.1 Å². The van der Waals surface area contributed by atoms with Gasteiger partial charge in [-0.2, -0.15) is 0 Å². The quantitative estimate of drug-likeness (QED) is 0.921. The van der Waals surface area contributed by atoms with Crippen LogP contribution in [0.4, 0.5) is 0 Å². The summed E-state index contributed by atoms with van der Waals surface area (Å²) in [5.41, 5.74) is 6.42. The molecule has 0 aliphatic rings. The third-order valence-corrected chi connectivity index (χ3v) is 3.21. The number of carbonyl (C=O) groups excluding carboxylic acids is 1. The zero-order valence-electron chi connectivity index (χ0n) is 7.61. The summed E-state index contributed by atoms with van der Waals surface area (Å²) < 4.78 is 0.982. The molecule has 0 spiro atoms. The summed E-state index contributed by atoms with van der Waals surface area (Å²) in [6.07, 6.45) is 0. The number of nitrogens with zero attached hydrogens (tertiary/aromatic N) is 1. The van der Waals surface area contributed by atoms with Gasteiger partial charge in [-0.25, -0.2) is 4.98 Å². The third-order valence-electron chi connectivity index (χ3n) is 1.83. The van der Waals surface area contributed by atoms with Gasteiger partial charge >= 0.3 is 0 Å². The predicted octanol–water partition coefficient (Wildman–Crippen LogP) is 2.67. The van der Waals surface area contributed by atoms with Crippen LogP contribution >= 0.6 is 27.3 Å². The minimum Gasteiger partial charge on any atom is -0.364 e. The second kappa shape index (κ2) is 4.12. The Morgan fingerprint density at radius 1 is 1.47 bits per heavy atom. The largest absolute Gasteiger partial charge is 0.364 e. The molecule has 1 amide bonds. The molecule has 76 valence electrons. The predicted molar refractivity (Wildman–Crippen MR) is 63.8 cm³/mol. The van der Waals surface area contributed by atoms with E-state index in [1.165, 1.54) is 11.3 Å². The molecule has 0 aliphatic heterocycles. The van der Waals surface area contributed by atoms with Crippen LogP contribution in [-0.4, -0.2) is 10.9 Å². The molecule has 0 radical (unpaired) electrons. The summed E-state index contributed by atoms with van der Waals surface area (Å²) in [5.74, 6) is -0.493. The number of nitrogens with two attached hydrogens (primary N) is 1. The molecule has 0 saturated heterocycles. The van der Waals surface area contributed by atoms with E-state index in [4.69, 9.17) is 5.73 Å². The van der Waals surface area contributed by atoms with Crippen molar-refractivity contribution < 1.29 is 4.79 Å². The van der Waals surface area contributed by atoms with Gasteiger partial charge in [0.05, 0.1) is 0 Å². The van der Waals surface area contributed by atoms with Crippen molar-refractivity contribution in [1.82, 2.24) is 4.98 Å². The number of primary amides is 1. The highest BCUT2D eigenvalue weighted by Gasteiger charge is 2.08. The summed E-state index contributed by atoms with van der Waals surface area (Å²) in [6, 6.07) is 7.74. The fourth-order valence-corrected chi connectivity index (χ4v) is 2.35. The Labute approximate surface area is 99.1 Å². The first-order valence-electron chi connectivity index (χ1n) is 4.18. The van der Waals surface area contributed by atoms with E-state index < -0.39 is 5.91 Å². The Kier molecular flexibility index (Phi) is 2.83. The minimum absolute atomic E-state index is 0.315. The van der Waals surface area contributed by atoms with Gasteiger partial charge in [-0.05, 0) is 12.1 Å². The van der Waals surface area contributed by atoms with Gasteiger partial charge in [-0.3, -0.25) is 4.79 Å². The van der Waals surface area contributed by atoms with Crippen LogP contribution in [0.15, 0.2) is 34.1 Å². The van der Waals surface area contributed by atoms with Crippen LogP contribution in [0.3, 0.4) is 0 Å². The van der Waals surface area contributed by atoms with Crippen LogP contribution in [0.1, 0.15) is 10.5 Å². The molecule has 2 rings (SSSR count). The number of carbonyl (C=O) groups is 1. The lowest BCUT2D eigenvalue weighted by atomic mass is 10.2. The van der Waals surface area contributed by atoms with E-state index in [2.05, 4.69) is 20.9 Å². The van der Waals surface area contributed by atoms with Gasteiger partial charge in [0.25, 0.3) is 5.91 Å². The van der Waals surface area contributed by atoms with E-state index in [9.17, 15) is 4.79 Å². The van der Waals surface area contributed by atoms with Crippen molar-refractivity contribution in [2.24, 2.45) is 5.73 Å². The second-order valence-corrected chi connectivity index (χ2v) is 4.69. The van der Waals surface area contributed by atoms with Gasteiger partial charge < -0.3 is 5.73 Å². The molecule has 0 atom stereocenters. The van der Waals surface area contributed by atoms with E-state index in [-0.39, 0.29) is 0 Å². The van der Waals surface area contributed by atoms with E-state index >= 15 is 0 Å². The third kappa shape index (κ3) is 2.24. The van der Waals surface area contributed by atoms with Gasteiger partial charge in [0.1, 0.15) is 10.7 Å². The molecule has 1 aromatic heterocycles. The van der Waals surface area contributed by atoms with Crippen LogP contribution in [0.5, 0.6) is 0 Å². The Morgan fingerprint density at radius 2 is 2.27 bits per heavy atom. The average molecular weight is 283 g/mol. The number of hydrogen-bond donors (Lipinski definition) is 1. The molecule has 2 N–H and O–H groups in total. The molecule has 3 nitrogen and oxygen atoms in total. The number of hydrogen-bond acceptors (Lipinski definition) is 3. The molecular formula is C10H7BrN2OS. The lowest BCUT2D eigenvalue weighted by Crippen LogP contribution is -2.10. The van der Waals surface area contributed by atoms with Crippen molar-refractivity contribution in [3.8, 4) is 10.6 Å². The molecule has 15 heavy (non-hydrogen) atoms. The zero-order chi connectivity index (χ0) is 10.8. The molecule has 0 fully saturated rings. The summed E-state index contributed by atoms with van der Waals surface area (Å²) in [6.45, 7) is 0. The number of benzene rings is 1. The van der Waals surface area contributed by atoms with Gasteiger partial charge in [-0.15, -0.1) is 11.3 Å². The molecular weight excluding hydrogens is 276 g/mol. The molecule has 1 aromatic carbocycles. The fraction of sp³-hybridized carbons (Fsp3) is 0. The van der Waals surface area contributed by atoms with E-state index in [0.29, 0.717) is 5.69 Å². The molecule has 0 bridgehead atoms. The summed E-state index contributed by atoms with van der Waals surface area (Å²) in [5, 5.41) is 2.46. The summed E-state index contributed by atoms with van der Waals surface area (Å²) in [4.78, 5) is 15.0. The lowest BCUT2D eigenvalue weighted by Gasteiger charge is -1.95. The first-order chi connectivity index (χ1) is 7.16. The highest BCUT2D eigenvalue weighted by molar-refractivity contribution is 9.10. The van der Waals surface area contributed by atoms with Gasteiger partial charge in [0.2, 0.25) is 0 Å². The highest BCUT2D eigenvalue weighted by Crippen LogP contribution is 2.25. The first kappa shape index (κ1) is 10.3. The molecule has 0 unspecified atom stereocenters. The first-order valence-corrected chi connectivity index (χ1v) is 5.85. The lowest BCUT2D eigenvalue weighted by molar-refractivity contribution is 0.0996. The van der Waals surface area contributed by atoms with Crippen LogP contribution < -0.4 is 5.73 Å². The maximum atomic E-state index is 10.9. The monoisotopic (exact) mass is 282 g/mol.